The fourth-order valence-electron chi connectivity index (χ4n) is 3.76. The van der Waals surface area contributed by atoms with Gasteiger partial charge in [0.15, 0.2) is 5.65 Å². The third-order valence-corrected chi connectivity index (χ3v) is 5.20. The van der Waals surface area contributed by atoms with Crippen molar-refractivity contribution < 1.29 is 8.78 Å². The Morgan fingerprint density at radius 3 is 2.90 bits per heavy atom. The van der Waals surface area contributed by atoms with Crippen molar-refractivity contribution in [1.29, 1.82) is 0 Å². The van der Waals surface area contributed by atoms with Crippen molar-refractivity contribution in [3.8, 4) is 11.4 Å². The van der Waals surface area contributed by atoms with Crippen LogP contribution in [0, 0.1) is 0 Å². The van der Waals surface area contributed by atoms with E-state index in [1.807, 2.05) is 12.3 Å². The Hall–Kier alpha value is -3.43. The summed E-state index contributed by atoms with van der Waals surface area (Å²) < 4.78 is 27.5. The number of H-pyrrole nitrogens is 1. The Balaban J connectivity index is 1.47. The standard InChI is InChI=1S/C19H18F2N8/c20-19(21)13-3-4-17-23-8-16(29(17)27-13)14-6-18(26-11-25-14)28-5-1-2-12(9-28)15-7-22-10-24-15/h3-4,6-8,10-12,19H,1-2,5,9H2,(H,22,24). The first kappa shape index (κ1) is 17.7. The molecule has 0 aliphatic carbocycles. The van der Waals surface area contributed by atoms with Crippen LogP contribution in [0.25, 0.3) is 17.0 Å². The number of piperidine rings is 1. The number of aromatic amines is 1. The van der Waals surface area contributed by atoms with Gasteiger partial charge in [-0.25, -0.2) is 33.2 Å². The number of imidazole rings is 2. The summed E-state index contributed by atoms with van der Waals surface area (Å²) in [5, 5.41) is 4.02. The van der Waals surface area contributed by atoms with Gasteiger partial charge in [0.1, 0.15) is 23.5 Å². The fourth-order valence-corrected chi connectivity index (χ4v) is 3.76. The van der Waals surface area contributed by atoms with E-state index in [-0.39, 0.29) is 5.69 Å². The summed E-state index contributed by atoms with van der Waals surface area (Å²) in [4.78, 5) is 22.6. The quantitative estimate of drug-likeness (QED) is 0.570. The number of hydrogen-bond donors (Lipinski definition) is 1. The van der Waals surface area contributed by atoms with Gasteiger partial charge >= 0.3 is 0 Å². The van der Waals surface area contributed by atoms with Crippen molar-refractivity contribution >= 4 is 11.5 Å². The molecule has 1 atom stereocenters. The van der Waals surface area contributed by atoms with Crippen LogP contribution in [0.2, 0.25) is 0 Å². The van der Waals surface area contributed by atoms with E-state index < -0.39 is 6.43 Å². The van der Waals surface area contributed by atoms with E-state index in [4.69, 9.17) is 0 Å². The lowest BCUT2D eigenvalue weighted by Gasteiger charge is -2.32. The molecule has 4 aromatic rings. The van der Waals surface area contributed by atoms with Crippen molar-refractivity contribution in [2.75, 3.05) is 18.0 Å². The van der Waals surface area contributed by atoms with Crippen LogP contribution in [0.4, 0.5) is 14.6 Å². The van der Waals surface area contributed by atoms with Crippen LogP contribution in [0.15, 0.2) is 43.2 Å². The number of fused-ring (bicyclic) bond motifs is 1. The van der Waals surface area contributed by atoms with Gasteiger partial charge in [-0.1, -0.05) is 0 Å². The number of rotatable bonds is 4. The molecule has 1 fully saturated rings. The zero-order valence-electron chi connectivity index (χ0n) is 15.4. The maximum absolute atomic E-state index is 13.1. The average molecular weight is 396 g/mol. The predicted molar refractivity (Wildman–Crippen MR) is 102 cm³/mol. The molecule has 148 valence electrons. The van der Waals surface area contributed by atoms with Crippen LogP contribution in [-0.4, -0.2) is 47.6 Å². The van der Waals surface area contributed by atoms with E-state index in [9.17, 15) is 8.78 Å². The van der Waals surface area contributed by atoms with E-state index in [1.54, 1.807) is 12.5 Å². The molecular formula is C19H18F2N8. The zero-order chi connectivity index (χ0) is 19.8. The van der Waals surface area contributed by atoms with Gasteiger partial charge in [-0.05, 0) is 25.0 Å². The van der Waals surface area contributed by atoms with Crippen molar-refractivity contribution in [1.82, 2.24) is 34.5 Å². The largest absolute Gasteiger partial charge is 0.356 e. The minimum atomic E-state index is -2.65. The molecular weight excluding hydrogens is 378 g/mol. The summed E-state index contributed by atoms with van der Waals surface area (Å²) in [6.07, 6.45) is 6.17. The first-order valence-electron chi connectivity index (χ1n) is 9.38. The topological polar surface area (TPSA) is 87.9 Å². The van der Waals surface area contributed by atoms with E-state index >= 15 is 0 Å². The molecule has 0 bridgehead atoms. The van der Waals surface area contributed by atoms with Crippen LogP contribution in [-0.2, 0) is 0 Å². The van der Waals surface area contributed by atoms with Gasteiger partial charge in [0, 0.05) is 31.3 Å². The third kappa shape index (κ3) is 3.30. The Morgan fingerprint density at radius 2 is 2.07 bits per heavy atom. The van der Waals surface area contributed by atoms with Crippen LogP contribution in [0.1, 0.15) is 36.6 Å². The molecule has 1 aliphatic rings. The summed E-state index contributed by atoms with van der Waals surface area (Å²) in [5.41, 5.74) is 2.37. The van der Waals surface area contributed by atoms with Crippen molar-refractivity contribution in [2.45, 2.75) is 25.2 Å². The monoisotopic (exact) mass is 396 g/mol. The van der Waals surface area contributed by atoms with Gasteiger partial charge in [0.05, 0.1) is 23.9 Å². The molecule has 0 amide bonds. The van der Waals surface area contributed by atoms with E-state index in [0.717, 1.165) is 37.4 Å². The number of halogens is 2. The molecule has 29 heavy (non-hydrogen) atoms. The smallest absolute Gasteiger partial charge is 0.282 e. The summed E-state index contributed by atoms with van der Waals surface area (Å²) in [5.74, 6) is 1.12. The number of aromatic nitrogens is 7. The Bertz CT molecular complexity index is 1120. The van der Waals surface area contributed by atoms with Gasteiger partial charge in [0.25, 0.3) is 6.43 Å². The molecule has 0 radical (unpaired) electrons. The van der Waals surface area contributed by atoms with Crippen LogP contribution in [0.5, 0.6) is 0 Å². The molecule has 1 unspecified atom stereocenters. The normalized spacial score (nSPS) is 17.3. The number of anilines is 1. The second-order valence-electron chi connectivity index (χ2n) is 7.01. The van der Waals surface area contributed by atoms with Crippen molar-refractivity contribution in [3.05, 3.63) is 54.6 Å². The predicted octanol–water partition coefficient (Wildman–Crippen LogP) is 3.23. The summed E-state index contributed by atoms with van der Waals surface area (Å²) in [6, 6.07) is 4.66. The van der Waals surface area contributed by atoms with Gasteiger partial charge in [0.2, 0.25) is 0 Å². The number of nitrogens with zero attached hydrogens (tertiary/aromatic N) is 7. The van der Waals surface area contributed by atoms with Gasteiger partial charge in [-0.2, -0.15) is 5.10 Å². The fraction of sp³-hybridized carbons (Fsp3) is 0.316. The molecule has 0 spiro atoms. The highest BCUT2D eigenvalue weighted by Gasteiger charge is 2.24. The Labute approximate surface area is 164 Å². The Kier molecular flexibility index (Phi) is 4.38. The lowest BCUT2D eigenvalue weighted by Crippen LogP contribution is -2.35. The highest BCUT2D eigenvalue weighted by atomic mass is 19.3. The van der Waals surface area contributed by atoms with E-state index in [2.05, 4.69) is 34.9 Å². The second kappa shape index (κ2) is 7.19. The molecule has 1 N–H and O–H groups in total. The Morgan fingerprint density at radius 1 is 1.14 bits per heavy atom. The molecule has 4 aromatic heterocycles. The molecule has 1 saturated heterocycles. The average Bonchev–Trinajstić information content (AvgIpc) is 3.43. The minimum Gasteiger partial charge on any atom is -0.356 e. The van der Waals surface area contributed by atoms with Crippen molar-refractivity contribution in [3.63, 3.8) is 0 Å². The van der Waals surface area contributed by atoms with Gasteiger partial charge in [-0.15, -0.1) is 0 Å². The summed E-state index contributed by atoms with van der Waals surface area (Å²) >= 11 is 0. The molecule has 0 aromatic carbocycles. The number of nitrogens with one attached hydrogen (secondary N) is 1. The molecule has 0 saturated carbocycles. The maximum atomic E-state index is 13.1. The summed E-state index contributed by atoms with van der Waals surface area (Å²) in [7, 11) is 0. The molecule has 8 nitrogen and oxygen atoms in total. The third-order valence-electron chi connectivity index (χ3n) is 5.20. The molecule has 5 heterocycles. The molecule has 5 rings (SSSR count). The van der Waals surface area contributed by atoms with Crippen LogP contribution < -0.4 is 4.90 Å². The van der Waals surface area contributed by atoms with E-state index in [0.29, 0.717) is 23.0 Å². The first-order valence-corrected chi connectivity index (χ1v) is 9.38. The summed E-state index contributed by atoms with van der Waals surface area (Å²) in [6.45, 7) is 1.69. The first-order chi connectivity index (χ1) is 14.2. The lowest BCUT2D eigenvalue weighted by atomic mass is 9.95. The van der Waals surface area contributed by atoms with Gasteiger partial charge in [-0.3, -0.25) is 0 Å². The van der Waals surface area contributed by atoms with Gasteiger partial charge < -0.3 is 9.88 Å². The van der Waals surface area contributed by atoms with Crippen molar-refractivity contribution in [2.24, 2.45) is 0 Å². The maximum Gasteiger partial charge on any atom is 0.282 e. The van der Waals surface area contributed by atoms with E-state index in [1.165, 1.54) is 23.0 Å². The van der Waals surface area contributed by atoms with Crippen LogP contribution in [0.3, 0.4) is 0 Å². The molecule has 1 aliphatic heterocycles. The number of alkyl halides is 2. The SMILES string of the molecule is FC(F)c1ccc2ncc(-c3cc(N4CCCC(c5c[nH]cn5)C4)ncn3)n2n1. The zero-order valence-corrected chi connectivity index (χ0v) is 15.4. The highest BCUT2D eigenvalue weighted by Crippen LogP contribution is 2.29. The highest BCUT2D eigenvalue weighted by molar-refractivity contribution is 5.62. The van der Waals surface area contributed by atoms with Crippen LogP contribution >= 0.6 is 0 Å². The second-order valence-corrected chi connectivity index (χ2v) is 7.01. The molecule has 10 heteroatoms. The number of hydrogen-bond acceptors (Lipinski definition) is 6. The lowest BCUT2D eigenvalue weighted by molar-refractivity contribution is 0.144. The minimum absolute atomic E-state index is 0.302.